The number of aromatic nitrogens is 1. The van der Waals surface area contributed by atoms with Gasteiger partial charge in [-0.15, -0.1) is 11.3 Å². The van der Waals surface area contributed by atoms with Crippen LogP contribution in [-0.4, -0.2) is 22.9 Å². The van der Waals surface area contributed by atoms with Crippen LogP contribution in [0.1, 0.15) is 26.4 Å². The zero-order valence-electron chi connectivity index (χ0n) is 16.8. The first-order valence-electron chi connectivity index (χ1n) is 9.55. The fraction of sp³-hybridized carbons (Fsp3) is 0.167. The number of nitrogens with zero attached hydrogens (tertiary/aromatic N) is 2. The molecule has 0 radical (unpaired) electrons. The molecule has 4 rings (SSSR count). The van der Waals surface area contributed by atoms with E-state index in [4.69, 9.17) is 16.3 Å². The first-order valence-corrected chi connectivity index (χ1v) is 10.8. The van der Waals surface area contributed by atoms with E-state index in [0.29, 0.717) is 23.1 Å². The molecule has 0 atom stereocenters. The van der Waals surface area contributed by atoms with Crippen molar-refractivity contribution >= 4 is 39.7 Å². The normalized spacial score (nSPS) is 10.9. The third-order valence-corrected chi connectivity index (χ3v) is 6.09. The van der Waals surface area contributed by atoms with Crippen LogP contribution in [0.4, 0.5) is 0 Å². The summed E-state index contributed by atoms with van der Waals surface area (Å²) < 4.78 is 5.24. The monoisotopic (exact) mass is 436 g/mol. The van der Waals surface area contributed by atoms with E-state index in [1.807, 2.05) is 66.9 Å². The third kappa shape index (κ3) is 4.48. The smallest absolute Gasteiger partial charge is 0.264 e. The zero-order valence-corrected chi connectivity index (χ0v) is 18.3. The summed E-state index contributed by atoms with van der Waals surface area (Å²) in [6, 6.07) is 19.6. The molecule has 0 bridgehead atoms. The molecule has 4 nitrogen and oxygen atoms in total. The molecule has 0 aliphatic carbocycles. The van der Waals surface area contributed by atoms with Crippen molar-refractivity contribution in [3.63, 3.8) is 0 Å². The van der Waals surface area contributed by atoms with Gasteiger partial charge in [0.05, 0.1) is 17.5 Å². The second kappa shape index (κ2) is 8.86. The van der Waals surface area contributed by atoms with Crippen molar-refractivity contribution in [1.29, 1.82) is 0 Å². The van der Waals surface area contributed by atoms with Gasteiger partial charge in [-0.2, -0.15) is 0 Å². The van der Waals surface area contributed by atoms with Gasteiger partial charge in [-0.3, -0.25) is 4.79 Å². The summed E-state index contributed by atoms with van der Waals surface area (Å²) in [5.74, 6) is 0.758. The molecular weight excluding hydrogens is 416 g/mol. The lowest BCUT2D eigenvalue weighted by molar-refractivity contribution is 0.0735. The van der Waals surface area contributed by atoms with Crippen molar-refractivity contribution < 1.29 is 9.53 Å². The van der Waals surface area contributed by atoms with Crippen molar-refractivity contribution in [1.82, 2.24) is 9.88 Å². The number of ether oxygens (including phenoxy) is 1. The predicted octanol–water partition coefficient (Wildman–Crippen LogP) is 6.11. The molecular formula is C24H21ClN2O2S. The van der Waals surface area contributed by atoms with Crippen LogP contribution in [0.2, 0.25) is 5.15 Å². The lowest BCUT2D eigenvalue weighted by atomic mass is 10.1. The Balaban J connectivity index is 1.67. The standard InChI is InChI=1S/C24H21ClN2O2S/c1-16-5-10-21-18(12-16)13-19(23(25)26-21)15-27(24(28)22-4-3-11-30-22)14-17-6-8-20(29-2)9-7-17/h3-13H,14-15H2,1-2H3. The lowest BCUT2D eigenvalue weighted by Crippen LogP contribution is -2.29. The van der Waals surface area contributed by atoms with Gasteiger partial charge < -0.3 is 9.64 Å². The van der Waals surface area contributed by atoms with Gasteiger partial charge in [0.15, 0.2) is 0 Å². The van der Waals surface area contributed by atoms with Crippen molar-refractivity contribution in [3.05, 3.63) is 92.8 Å². The van der Waals surface area contributed by atoms with Crippen LogP contribution in [0.15, 0.2) is 66.0 Å². The number of amides is 1. The number of hydrogen-bond acceptors (Lipinski definition) is 4. The van der Waals surface area contributed by atoms with Crippen LogP contribution in [0, 0.1) is 6.92 Å². The summed E-state index contributed by atoms with van der Waals surface area (Å²) in [5.41, 5.74) is 3.84. The van der Waals surface area contributed by atoms with Crippen molar-refractivity contribution in [2.75, 3.05) is 7.11 Å². The predicted molar refractivity (Wildman–Crippen MR) is 122 cm³/mol. The first-order chi connectivity index (χ1) is 14.5. The van der Waals surface area contributed by atoms with Crippen LogP contribution in [-0.2, 0) is 13.1 Å². The summed E-state index contributed by atoms with van der Waals surface area (Å²) in [4.78, 5) is 20.3. The summed E-state index contributed by atoms with van der Waals surface area (Å²) in [6.45, 7) is 2.88. The number of pyridine rings is 1. The molecule has 152 valence electrons. The molecule has 1 amide bonds. The average Bonchev–Trinajstić information content (AvgIpc) is 3.29. The molecule has 0 fully saturated rings. The van der Waals surface area contributed by atoms with Gasteiger partial charge in [0, 0.05) is 24.0 Å². The number of benzene rings is 2. The van der Waals surface area contributed by atoms with Crippen LogP contribution < -0.4 is 4.74 Å². The average molecular weight is 437 g/mol. The minimum atomic E-state index is -0.0266. The topological polar surface area (TPSA) is 42.4 Å². The summed E-state index contributed by atoms with van der Waals surface area (Å²) in [7, 11) is 1.64. The van der Waals surface area contributed by atoms with Crippen molar-refractivity contribution in [3.8, 4) is 5.75 Å². The number of aryl methyl sites for hydroxylation is 1. The summed E-state index contributed by atoms with van der Waals surface area (Å²) >= 11 is 7.93. The highest BCUT2D eigenvalue weighted by Gasteiger charge is 2.19. The Morgan fingerprint density at radius 3 is 2.60 bits per heavy atom. The highest BCUT2D eigenvalue weighted by Crippen LogP contribution is 2.25. The zero-order chi connectivity index (χ0) is 21.1. The van der Waals surface area contributed by atoms with Crippen LogP contribution in [0.3, 0.4) is 0 Å². The highest BCUT2D eigenvalue weighted by molar-refractivity contribution is 7.12. The number of carbonyl (C=O) groups excluding carboxylic acids is 1. The van der Waals surface area contributed by atoms with Crippen LogP contribution in [0.5, 0.6) is 5.75 Å². The summed E-state index contributed by atoms with van der Waals surface area (Å²) in [6.07, 6.45) is 0. The van der Waals surface area contributed by atoms with E-state index in [2.05, 4.69) is 11.1 Å². The molecule has 0 N–H and O–H groups in total. The summed E-state index contributed by atoms with van der Waals surface area (Å²) in [5, 5.41) is 3.35. The Bertz CT molecular complexity index is 1170. The number of fused-ring (bicyclic) bond motifs is 1. The SMILES string of the molecule is COc1ccc(CN(Cc2cc3cc(C)ccc3nc2Cl)C(=O)c2cccs2)cc1. The van der Waals surface area contributed by atoms with Crippen molar-refractivity contribution in [2.24, 2.45) is 0 Å². The fourth-order valence-corrected chi connectivity index (χ4v) is 4.24. The molecule has 2 aromatic heterocycles. The lowest BCUT2D eigenvalue weighted by Gasteiger charge is -2.23. The second-order valence-electron chi connectivity index (χ2n) is 7.12. The van der Waals surface area contributed by atoms with Gasteiger partial charge in [0.2, 0.25) is 0 Å². The molecule has 2 aromatic carbocycles. The Morgan fingerprint density at radius 1 is 1.10 bits per heavy atom. The van der Waals surface area contributed by atoms with Crippen LogP contribution >= 0.6 is 22.9 Å². The van der Waals surface area contributed by atoms with E-state index in [1.54, 1.807) is 12.0 Å². The minimum absolute atomic E-state index is 0.0266. The van der Waals surface area contributed by atoms with Gasteiger partial charge >= 0.3 is 0 Å². The second-order valence-corrected chi connectivity index (χ2v) is 8.43. The molecule has 0 aliphatic heterocycles. The maximum atomic E-state index is 13.2. The first kappa shape index (κ1) is 20.4. The number of hydrogen-bond donors (Lipinski definition) is 0. The Kier molecular flexibility index (Phi) is 6.02. The van der Waals surface area contributed by atoms with E-state index in [9.17, 15) is 4.79 Å². The quantitative estimate of drug-likeness (QED) is 0.342. The maximum Gasteiger partial charge on any atom is 0.264 e. The molecule has 0 saturated heterocycles. The molecule has 0 spiro atoms. The number of rotatable bonds is 6. The number of carbonyl (C=O) groups is 1. The molecule has 0 aliphatic rings. The fourth-order valence-electron chi connectivity index (χ4n) is 3.34. The molecule has 6 heteroatoms. The Labute approximate surface area is 184 Å². The molecule has 2 heterocycles. The highest BCUT2D eigenvalue weighted by atomic mass is 35.5. The number of thiophene rings is 1. The van der Waals surface area contributed by atoms with Gasteiger partial charge in [-0.1, -0.05) is 41.4 Å². The number of methoxy groups -OCH3 is 1. The molecule has 30 heavy (non-hydrogen) atoms. The van der Waals surface area contributed by atoms with E-state index < -0.39 is 0 Å². The van der Waals surface area contributed by atoms with E-state index in [1.165, 1.54) is 11.3 Å². The van der Waals surface area contributed by atoms with E-state index >= 15 is 0 Å². The molecule has 4 aromatic rings. The third-order valence-electron chi connectivity index (χ3n) is 4.91. The van der Waals surface area contributed by atoms with E-state index in [0.717, 1.165) is 33.3 Å². The van der Waals surface area contributed by atoms with Gasteiger partial charge in [-0.05, 0) is 54.3 Å². The maximum absolute atomic E-state index is 13.2. The van der Waals surface area contributed by atoms with Gasteiger partial charge in [0.1, 0.15) is 10.9 Å². The minimum Gasteiger partial charge on any atom is -0.497 e. The van der Waals surface area contributed by atoms with Crippen molar-refractivity contribution in [2.45, 2.75) is 20.0 Å². The van der Waals surface area contributed by atoms with Gasteiger partial charge in [0.25, 0.3) is 5.91 Å². The molecule has 0 saturated carbocycles. The van der Waals surface area contributed by atoms with E-state index in [-0.39, 0.29) is 5.91 Å². The number of halogens is 1. The molecule has 0 unspecified atom stereocenters. The van der Waals surface area contributed by atoms with Gasteiger partial charge in [-0.25, -0.2) is 4.98 Å². The van der Waals surface area contributed by atoms with Crippen LogP contribution in [0.25, 0.3) is 10.9 Å². The Morgan fingerprint density at radius 2 is 1.90 bits per heavy atom. The Hall–Kier alpha value is -2.89. The largest absolute Gasteiger partial charge is 0.497 e.